The van der Waals surface area contributed by atoms with Gasteiger partial charge in [-0.15, -0.1) is 11.8 Å². The van der Waals surface area contributed by atoms with E-state index >= 15 is 0 Å². The SMILES string of the molecule is CCCCC[C@H](O)/C=C/C=C\C=C\C=C\[C@@H](SCC(N)C(=O)O)[C@@H](O)CCCC(=O)O. The van der Waals surface area contributed by atoms with Gasteiger partial charge >= 0.3 is 11.9 Å². The molecule has 0 aromatic heterocycles. The summed E-state index contributed by atoms with van der Waals surface area (Å²) in [5, 5.41) is 37.4. The van der Waals surface area contributed by atoms with Gasteiger partial charge in [-0.05, 0) is 19.3 Å². The van der Waals surface area contributed by atoms with Gasteiger partial charge in [-0.3, -0.25) is 9.59 Å². The average Bonchev–Trinajstić information content (AvgIpc) is 2.71. The zero-order chi connectivity index (χ0) is 23.5. The minimum absolute atomic E-state index is 0.0294. The Hall–Kier alpha value is -1.87. The molecular formula is C23H37NO6S. The van der Waals surface area contributed by atoms with Crippen LogP contribution in [0.3, 0.4) is 0 Å². The standard InChI is InChI=1S/C23H37NO6S/c1-2-3-8-12-18(25)13-9-6-4-5-7-10-15-21(31-17-19(24)23(29)30)20(26)14-11-16-22(27)28/h4-7,9-10,13,15,18-21,25-26H,2-3,8,11-12,14,16-17,24H2,1H3,(H,27,28)(H,29,30)/b6-4-,7-5+,13-9+,15-10+/t18-,19?,20-,21+/m0/s1. The molecule has 7 nitrogen and oxygen atoms in total. The lowest BCUT2D eigenvalue weighted by Gasteiger charge is -2.20. The third-order valence-electron chi connectivity index (χ3n) is 4.35. The molecule has 6 N–H and O–H groups in total. The fourth-order valence-corrected chi connectivity index (χ4v) is 3.66. The monoisotopic (exact) mass is 455 g/mol. The maximum atomic E-state index is 10.9. The van der Waals surface area contributed by atoms with Crippen molar-refractivity contribution in [2.45, 2.75) is 75.4 Å². The Kier molecular flexibility index (Phi) is 17.7. The summed E-state index contributed by atoms with van der Waals surface area (Å²) in [6.45, 7) is 2.12. The Labute approximate surface area is 189 Å². The number of aliphatic carboxylic acids is 2. The summed E-state index contributed by atoms with van der Waals surface area (Å²) in [4.78, 5) is 21.5. The highest BCUT2D eigenvalue weighted by atomic mass is 32.2. The van der Waals surface area contributed by atoms with Crippen molar-refractivity contribution in [2.75, 3.05) is 5.75 Å². The summed E-state index contributed by atoms with van der Waals surface area (Å²) in [5.74, 6) is -1.89. The summed E-state index contributed by atoms with van der Waals surface area (Å²) in [7, 11) is 0. The van der Waals surface area contributed by atoms with Crippen LogP contribution in [0.15, 0.2) is 48.6 Å². The maximum absolute atomic E-state index is 10.9. The Morgan fingerprint density at radius 3 is 2.10 bits per heavy atom. The van der Waals surface area contributed by atoms with Crippen molar-refractivity contribution in [1.29, 1.82) is 0 Å². The predicted molar refractivity (Wildman–Crippen MR) is 126 cm³/mol. The van der Waals surface area contributed by atoms with E-state index in [0.717, 1.165) is 25.7 Å². The minimum atomic E-state index is -1.11. The van der Waals surface area contributed by atoms with E-state index in [1.165, 1.54) is 11.8 Å². The normalized spacial score (nSPS) is 16.4. The number of carboxylic acids is 2. The van der Waals surface area contributed by atoms with Crippen LogP contribution in [0.25, 0.3) is 0 Å². The number of nitrogens with two attached hydrogens (primary N) is 1. The van der Waals surface area contributed by atoms with Gasteiger partial charge in [0.2, 0.25) is 0 Å². The summed E-state index contributed by atoms with van der Waals surface area (Å²) in [6.07, 6.45) is 17.6. The van der Waals surface area contributed by atoms with Crippen LogP contribution in [0.5, 0.6) is 0 Å². The number of thioether (sulfide) groups is 1. The average molecular weight is 456 g/mol. The highest BCUT2D eigenvalue weighted by Crippen LogP contribution is 2.21. The molecule has 0 rings (SSSR count). The first-order valence-electron chi connectivity index (χ1n) is 10.6. The zero-order valence-corrected chi connectivity index (χ0v) is 19.0. The molecule has 0 amide bonds. The van der Waals surface area contributed by atoms with Gasteiger partial charge in [0.25, 0.3) is 0 Å². The second-order valence-electron chi connectivity index (χ2n) is 7.20. The summed E-state index contributed by atoms with van der Waals surface area (Å²) in [6, 6.07) is -1.03. The topological polar surface area (TPSA) is 141 Å². The highest BCUT2D eigenvalue weighted by molar-refractivity contribution is 8.00. The molecule has 0 aliphatic heterocycles. The molecular weight excluding hydrogens is 418 g/mol. The third-order valence-corrected chi connectivity index (χ3v) is 5.76. The van der Waals surface area contributed by atoms with E-state index in [2.05, 4.69) is 6.92 Å². The summed E-state index contributed by atoms with van der Waals surface area (Å²) < 4.78 is 0. The van der Waals surface area contributed by atoms with Gasteiger partial charge in [-0.25, -0.2) is 0 Å². The molecule has 176 valence electrons. The van der Waals surface area contributed by atoms with Gasteiger partial charge in [-0.1, -0.05) is 74.8 Å². The molecule has 0 spiro atoms. The number of aliphatic hydroxyl groups is 2. The number of allylic oxidation sites excluding steroid dienone is 6. The number of rotatable bonds is 18. The molecule has 0 aliphatic rings. The van der Waals surface area contributed by atoms with Gasteiger partial charge in [-0.2, -0.15) is 0 Å². The number of carbonyl (C=O) groups is 2. The van der Waals surface area contributed by atoms with E-state index in [1.54, 1.807) is 36.5 Å². The van der Waals surface area contributed by atoms with Crippen LogP contribution in [-0.2, 0) is 9.59 Å². The van der Waals surface area contributed by atoms with Crippen LogP contribution in [0, 0.1) is 0 Å². The molecule has 0 radical (unpaired) electrons. The van der Waals surface area contributed by atoms with Crippen molar-refractivity contribution in [1.82, 2.24) is 0 Å². The largest absolute Gasteiger partial charge is 0.481 e. The van der Waals surface area contributed by atoms with E-state index in [9.17, 15) is 19.8 Å². The third kappa shape index (κ3) is 17.5. The van der Waals surface area contributed by atoms with E-state index in [0.29, 0.717) is 12.8 Å². The van der Waals surface area contributed by atoms with E-state index in [-0.39, 0.29) is 12.2 Å². The fraction of sp³-hybridized carbons (Fsp3) is 0.565. The number of hydrogen-bond donors (Lipinski definition) is 5. The van der Waals surface area contributed by atoms with Gasteiger partial charge in [0.1, 0.15) is 6.04 Å². The molecule has 0 saturated carbocycles. The Morgan fingerprint density at radius 1 is 0.903 bits per heavy atom. The second-order valence-corrected chi connectivity index (χ2v) is 8.41. The Balaban J connectivity index is 4.63. The molecule has 0 aromatic rings. The molecule has 4 atom stereocenters. The Bertz CT molecular complexity index is 617. The van der Waals surface area contributed by atoms with Crippen LogP contribution in [0.1, 0.15) is 51.9 Å². The number of aliphatic hydroxyl groups excluding tert-OH is 2. The summed E-state index contributed by atoms with van der Waals surface area (Å²) in [5.41, 5.74) is 5.53. The van der Waals surface area contributed by atoms with Crippen LogP contribution < -0.4 is 5.73 Å². The molecule has 8 heteroatoms. The van der Waals surface area contributed by atoms with Crippen molar-refractivity contribution < 1.29 is 30.0 Å². The molecule has 0 saturated heterocycles. The summed E-state index contributed by atoms with van der Waals surface area (Å²) >= 11 is 1.23. The van der Waals surface area contributed by atoms with Crippen molar-refractivity contribution in [3.63, 3.8) is 0 Å². The van der Waals surface area contributed by atoms with Crippen molar-refractivity contribution >= 4 is 23.7 Å². The molecule has 31 heavy (non-hydrogen) atoms. The van der Waals surface area contributed by atoms with E-state index in [1.807, 2.05) is 12.2 Å². The van der Waals surface area contributed by atoms with Crippen LogP contribution >= 0.6 is 11.8 Å². The molecule has 0 aromatic carbocycles. The molecule has 1 unspecified atom stereocenters. The quantitative estimate of drug-likeness (QED) is 0.157. The first kappa shape index (κ1) is 29.1. The molecule has 0 fully saturated rings. The molecule has 0 aliphatic carbocycles. The minimum Gasteiger partial charge on any atom is -0.481 e. The number of carboxylic acid groups (broad SMARTS) is 2. The lowest BCUT2D eigenvalue weighted by atomic mass is 10.1. The van der Waals surface area contributed by atoms with E-state index in [4.69, 9.17) is 15.9 Å². The lowest BCUT2D eigenvalue weighted by molar-refractivity contribution is -0.138. The van der Waals surface area contributed by atoms with Gasteiger partial charge < -0.3 is 26.2 Å². The van der Waals surface area contributed by atoms with E-state index < -0.39 is 35.4 Å². The number of unbranched alkanes of at least 4 members (excludes halogenated alkanes) is 2. The first-order valence-corrected chi connectivity index (χ1v) is 11.7. The van der Waals surface area contributed by atoms with Crippen molar-refractivity contribution in [3.8, 4) is 0 Å². The lowest BCUT2D eigenvalue weighted by Crippen LogP contribution is -2.34. The zero-order valence-electron chi connectivity index (χ0n) is 18.2. The van der Waals surface area contributed by atoms with Gasteiger partial charge in [0.15, 0.2) is 0 Å². The van der Waals surface area contributed by atoms with Crippen LogP contribution in [0.4, 0.5) is 0 Å². The maximum Gasteiger partial charge on any atom is 0.321 e. The Morgan fingerprint density at radius 2 is 1.52 bits per heavy atom. The fourth-order valence-electron chi connectivity index (χ4n) is 2.53. The first-order chi connectivity index (χ1) is 14.8. The molecule has 0 heterocycles. The number of hydrogen-bond acceptors (Lipinski definition) is 6. The highest BCUT2D eigenvalue weighted by Gasteiger charge is 2.20. The van der Waals surface area contributed by atoms with Gasteiger partial charge in [0, 0.05) is 17.4 Å². The molecule has 0 bridgehead atoms. The van der Waals surface area contributed by atoms with Crippen molar-refractivity contribution in [3.05, 3.63) is 48.6 Å². The second kappa shape index (κ2) is 18.9. The predicted octanol–water partition coefficient (Wildman–Crippen LogP) is 3.28. The van der Waals surface area contributed by atoms with Gasteiger partial charge in [0.05, 0.1) is 12.2 Å². The van der Waals surface area contributed by atoms with Crippen LogP contribution in [-0.4, -0.2) is 61.6 Å². The van der Waals surface area contributed by atoms with Crippen molar-refractivity contribution in [2.24, 2.45) is 5.73 Å². The smallest absolute Gasteiger partial charge is 0.321 e. The van der Waals surface area contributed by atoms with Crippen LogP contribution in [0.2, 0.25) is 0 Å².